The largest absolute Gasteiger partial charge is 0.573 e. The molecule has 1 aromatic carbocycles. The first kappa shape index (κ1) is 21.2. The van der Waals surface area contributed by atoms with Gasteiger partial charge in [-0.2, -0.15) is 0 Å². The maximum atomic E-state index is 12.5. The first-order valence-corrected chi connectivity index (χ1v) is 10.0. The van der Waals surface area contributed by atoms with Gasteiger partial charge in [0.2, 0.25) is 0 Å². The van der Waals surface area contributed by atoms with Crippen LogP contribution in [0.4, 0.5) is 13.2 Å². The van der Waals surface area contributed by atoms with Crippen LogP contribution in [0, 0.1) is 0 Å². The highest BCUT2D eigenvalue weighted by Crippen LogP contribution is 2.30. The highest BCUT2D eigenvalue weighted by atomic mass is 32.1. The topological polar surface area (TPSA) is 64.6 Å². The SMILES string of the molecule is CC(=O)O[C@H]1CC[C@H](NC(=O)c2cc(-c3ccc(OC(F)(F)F)cc3)cs2)CC1. The number of ether oxygens (including phenoxy) is 2. The lowest BCUT2D eigenvalue weighted by Gasteiger charge is -2.28. The zero-order valence-corrected chi connectivity index (χ0v) is 16.4. The second-order valence-corrected chi connectivity index (χ2v) is 7.74. The Morgan fingerprint density at radius 2 is 1.72 bits per heavy atom. The lowest BCUT2D eigenvalue weighted by Crippen LogP contribution is -2.39. The molecule has 3 rings (SSSR count). The summed E-state index contributed by atoms with van der Waals surface area (Å²) in [5, 5.41) is 4.78. The molecule has 29 heavy (non-hydrogen) atoms. The molecule has 5 nitrogen and oxygen atoms in total. The molecular formula is C20H20F3NO4S. The number of carbonyl (C=O) groups excluding carboxylic acids is 2. The van der Waals surface area contributed by atoms with E-state index in [0.29, 0.717) is 23.3 Å². The molecule has 0 unspecified atom stereocenters. The standard InChI is InChI=1S/C20H20F3NO4S/c1-12(25)27-16-8-4-15(5-9-16)24-19(26)18-10-14(11-29-18)13-2-6-17(7-3-13)28-20(21,22)23/h2-3,6-7,10-11,15-16H,4-5,8-9H2,1H3,(H,24,26)/t15-,16-. The molecule has 0 radical (unpaired) electrons. The number of esters is 1. The number of amides is 1. The van der Waals surface area contributed by atoms with Crippen LogP contribution in [-0.2, 0) is 9.53 Å². The Kier molecular flexibility index (Phi) is 6.46. The van der Waals surface area contributed by atoms with E-state index in [1.54, 1.807) is 11.4 Å². The van der Waals surface area contributed by atoms with Gasteiger partial charge in [0.25, 0.3) is 5.91 Å². The normalized spacial score (nSPS) is 19.4. The molecule has 9 heteroatoms. The Morgan fingerprint density at radius 1 is 1.07 bits per heavy atom. The lowest BCUT2D eigenvalue weighted by molar-refractivity contribution is -0.274. The molecule has 156 valence electrons. The molecule has 1 aromatic heterocycles. The van der Waals surface area contributed by atoms with Crippen LogP contribution in [0.2, 0.25) is 0 Å². The molecule has 0 saturated heterocycles. The van der Waals surface area contributed by atoms with E-state index in [2.05, 4.69) is 10.1 Å². The van der Waals surface area contributed by atoms with E-state index in [-0.39, 0.29) is 29.8 Å². The van der Waals surface area contributed by atoms with Crippen molar-refractivity contribution >= 4 is 23.2 Å². The summed E-state index contributed by atoms with van der Waals surface area (Å²) in [6.07, 6.45) is -1.91. The van der Waals surface area contributed by atoms with Crippen LogP contribution < -0.4 is 10.1 Å². The van der Waals surface area contributed by atoms with Crippen molar-refractivity contribution in [2.45, 2.75) is 51.1 Å². The average Bonchev–Trinajstić information content (AvgIpc) is 3.12. The van der Waals surface area contributed by atoms with Gasteiger partial charge in [-0.1, -0.05) is 12.1 Å². The van der Waals surface area contributed by atoms with Crippen molar-refractivity contribution in [3.63, 3.8) is 0 Å². The smallest absolute Gasteiger partial charge is 0.463 e. The molecule has 1 N–H and O–H groups in total. The number of thiophene rings is 1. The van der Waals surface area contributed by atoms with Gasteiger partial charge in [0.05, 0.1) is 4.88 Å². The first-order valence-electron chi connectivity index (χ1n) is 9.12. The third-order valence-electron chi connectivity index (χ3n) is 4.59. The molecular weight excluding hydrogens is 407 g/mol. The summed E-state index contributed by atoms with van der Waals surface area (Å²) >= 11 is 1.27. The van der Waals surface area contributed by atoms with Gasteiger partial charge in [0.1, 0.15) is 11.9 Å². The molecule has 0 aliphatic heterocycles. The van der Waals surface area contributed by atoms with Crippen LogP contribution in [0.5, 0.6) is 5.75 Å². The molecule has 0 spiro atoms. The van der Waals surface area contributed by atoms with E-state index in [1.807, 2.05) is 0 Å². The molecule has 0 atom stereocenters. The number of hydrogen-bond donors (Lipinski definition) is 1. The van der Waals surface area contributed by atoms with Crippen LogP contribution in [0.15, 0.2) is 35.7 Å². The molecule has 0 bridgehead atoms. The first-order chi connectivity index (χ1) is 13.7. The third kappa shape index (κ3) is 6.22. The van der Waals surface area contributed by atoms with Gasteiger partial charge in [0.15, 0.2) is 0 Å². The fourth-order valence-electron chi connectivity index (χ4n) is 3.27. The van der Waals surface area contributed by atoms with Gasteiger partial charge in [-0.15, -0.1) is 24.5 Å². The highest BCUT2D eigenvalue weighted by molar-refractivity contribution is 7.12. The molecule has 2 aromatic rings. The monoisotopic (exact) mass is 427 g/mol. The van der Waals surface area contributed by atoms with Crippen molar-refractivity contribution < 1.29 is 32.2 Å². The van der Waals surface area contributed by atoms with Crippen molar-refractivity contribution in [1.29, 1.82) is 0 Å². The minimum atomic E-state index is -4.73. The number of carbonyl (C=O) groups is 2. The zero-order chi connectivity index (χ0) is 21.0. The zero-order valence-electron chi connectivity index (χ0n) is 15.6. The minimum absolute atomic E-state index is 0.0265. The fraction of sp³-hybridized carbons (Fsp3) is 0.400. The van der Waals surface area contributed by atoms with Crippen LogP contribution in [0.1, 0.15) is 42.3 Å². The van der Waals surface area contributed by atoms with Crippen molar-refractivity contribution in [2.24, 2.45) is 0 Å². The predicted molar refractivity (Wildman–Crippen MR) is 102 cm³/mol. The summed E-state index contributed by atoms with van der Waals surface area (Å²) < 4.78 is 45.8. The van der Waals surface area contributed by atoms with Gasteiger partial charge in [-0.3, -0.25) is 9.59 Å². The minimum Gasteiger partial charge on any atom is -0.463 e. The number of hydrogen-bond acceptors (Lipinski definition) is 5. The van der Waals surface area contributed by atoms with Gasteiger partial charge in [0, 0.05) is 13.0 Å². The summed E-state index contributed by atoms with van der Waals surface area (Å²) in [5.74, 6) is -0.769. The second kappa shape index (κ2) is 8.86. The summed E-state index contributed by atoms with van der Waals surface area (Å²) in [4.78, 5) is 24.0. The average molecular weight is 427 g/mol. The highest BCUT2D eigenvalue weighted by Gasteiger charge is 2.31. The Hall–Kier alpha value is -2.55. The molecule has 1 fully saturated rings. The number of benzene rings is 1. The summed E-state index contributed by atoms with van der Waals surface area (Å²) in [6, 6.07) is 7.24. The van der Waals surface area contributed by atoms with Gasteiger partial charge in [-0.25, -0.2) is 0 Å². The molecule has 1 saturated carbocycles. The van der Waals surface area contributed by atoms with E-state index in [9.17, 15) is 22.8 Å². The van der Waals surface area contributed by atoms with Gasteiger partial charge >= 0.3 is 12.3 Å². The molecule has 1 aliphatic rings. The molecule has 1 amide bonds. The van der Waals surface area contributed by atoms with E-state index in [0.717, 1.165) is 18.4 Å². The summed E-state index contributed by atoms with van der Waals surface area (Å²) in [5.41, 5.74) is 1.44. The fourth-order valence-corrected chi connectivity index (χ4v) is 4.09. The van der Waals surface area contributed by atoms with Crippen LogP contribution >= 0.6 is 11.3 Å². The maximum Gasteiger partial charge on any atom is 0.573 e. The third-order valence-corrected chi connectivity index (χ3v) is 5.52. The van der Waals surface area contributed by atoms with Crippen LogP contribution in [0.3, 0.4) is 0 Å². The number of alkyl halides is 3. The summed E-state index contributed by atoms with van der Waals surface area (Å²) in [6.45, 7) is 1.39. The number of rotatable bonds is 5. The Bertz CT molecular complexity index is 855. The van der Waals surface area contributed by atoms with E-state index in [1.165, 1.54) is 42.5 Å². The van der Waals surface area contributed by atoms with Crippen LogP contribution in [-0.4, -0.2) is 30.4 Å². The Balaban J connectivity index is 1.56. The van der Waals surface area contributed by atoms with E-state index >= 15 is 0 Å². The Labute approximate surface area is 169 Å². The Morgan fingerprint density at radius 3 is 2.31 bits per heavy atom. The lowest BCUT2D eigenvalue weighted by atomic mass is 9.93. The number of nitrogens with one attached hydrogen (secondary N) is 1. The summed E-state index contributed by atoms with van der Waals surface area (Å²) in [7, 11) is 0. The second-order valence-electron chi connectivity index (χ2n) is 6.83. The molecule has 1 aliphatic carbocycles. The van der Waals surface area contributed by atoms with E-state index in [4.69, 9.17) is 4.74 Å². The van der Waals surface area contributed by atoms with Crippen molar-refractivity contribution in [3.8, 4) is 16.9 Å². The van der Waals surface area contributed by atoms with Crippen LogP contribution in [0.25, 0.3) is 11.1 Å². The van der Waals surface area contributed by atoms with Crippen molar-refractivity contribution in [2.75, 3.05) is 0 Å². The van der Waals surface area contributed by atoms with Crippen molar-refractivity contribution in [1.82, 2.24) is 5.32 Å². The van der Waals surface area contributed by atoms with Gasteiger partial charge < -0.3 is 14.8 Å². The predicted octanol–water partition coefficient (Wildman–Crippen LogP) is 4.92. The maximum absolute atomic E-state index is 12.5. The quantitative estimate of drug-likeness (QED) is 0.688. The van der Waals surface area contributed by atoms with Gasteiger partial charge in [-0.05, 0) is 60.4 Å². The van der Waals surface area contributed by atoms with E-state index < -0.39 is 6.36 Å². The van der Waals surface area contributed by atoms with Crippen molar-refractivity contribution in [3.05, 3.63) is 40.6 Å². The number of halogens is 3. The molecule has 1 heterocycles.